The first kappa shape index (κ1) is 14.5. The van der Waals surface area contributed by atoms with Crippen LogP contribution in [0.5, 0.6) is 0 Å². The Bertz CT molecular complexity index is 414. The third-order valence-electron chi connectivity index (χ3n) is 1.95. The molecule has 102 valence electrons. The molecule has 1 heterocycles. The number of nitrogens with one attached hydrogen (secondary N) is 1. The minimum absolute atomic E-state index is 0.00968. The summed E-state index contributed by atoms with van der Waals surface area (Å²) in [5.41, 5.74) is 4.66. The smallest absolute Gasteiger partial charge is 0.361 e. The van der Waals surface area contributed by atoms with E-state index in [1.54, 1.807) is 20.8 Å². The predicted molar refractivity (Wildman–Crippen MR) is 59.1 cm³/mol. The molecule has 0 spiro atoms. The van der Waals surface area contributed by atoms with Crippen molar-refractivity contribution >= 4 is 5.97 Å². The highest BCUT2D eigenvalue weighted by Gasteiger charge is 2.27. The van der Waals surface area contributed by atoms with Crippen molar-refractivity contribution in [2.24, 2.45) is 5.73 Å². The number of halogens is 2. The van der Waals surface area contributed by atoms with E-state index >= 15 is 0 Å². The molecule has 0 radical (unpaired) electrons. The van der Waals surface area contributed by atoms with Gasteiger partial charge in [0.1, 0.15) is 11.3 Å². The Kier molecular flexibility index (Phi) is 4.33. The summed E-state index contributed by atoms with van der Waals surface area (Å²) in [6.45, 7) is 5.05. The fraction of sp³-hybridized carbons (Fsp3) is 0.700. The number of alkyl halides is 2. The maximum atomic E-state index is 12.2. The molecule has 1 unspecified atom stereocenters. The van der Waals surface area contributed by atoms with Crippen LogP contribution in [0.1, 0.15) is 49.4 Å². The van der Waals surface area contributed by atoms with Crippen molar-refractivity contribution in [3.8, 4) is 0 Å². The molecular formula is C10H16F2N4O2. The summed E-state index contributed by atoms with van der Waals surface area (Å²) in [4.78, 5) is 11.7. The highest BCUT2D eigenvalue weighted by molar-refractivity contribution is 5.88. The van der Waals surface area contributed by atoms with E-state index < -0.39 is 30.5 Å². The van der Waals surface area contributed by atoms with Gasteiger partial charge in [-0.25, -0.2) is 13.6 Å². The van der Waals surface area contributed by atoms with Crippen LogP contribution < -0.4 is 5.73 Å². The van der Waals surface area contributed by atoms with Crippen molar-refractivity contribution in [1.82, 2.24) is 15.4 Å². The number of carbonyl (C=O) groups is 1. The maximum Gasteiger partial charge on any atom is 0.361 e. The molecule has 1 aromatic rings. The van der Waals surface area contributed by atoms with Crippen molar-refractivity contribution in [3.05, 3.63) is 11.4 Å². The molecule has 6 nitrogen and oxygen atoms in total. The molecule has 0 saturated heterocycles. The predicted octanol–water partition coefficient (Wildman–Crippen LogP) is 1.42. The largest absolute Gasteiger partial charge is 0.455 e. The van der Waals surface area contributed by atoms with Gasteiger partial charge >= 0.3 is 5.97 Å². The van der Waals surface area contributed by atoms with Crippen LogP contribution in [0.25, 0.3) is 0 Å². The van der Waals surface area contributed by atoms with Crippen LogP contribution in [0.15, 0.2) is 0 Å². The van der Waals surface area contributed by atoms with Gasteiger partial charge in [0.15, 0.2) is 5.69 Å². The first-order chi connectivity index (χ1) is 8.20. The van der Waals surface area contributed by atoms with E-state index in [4.69, 9.17) is 10.5 Å². The maximum absolute atomic E-state index is 12.2. The fourth-order valence-corrected chi connectivity index (χ4v) is 1.28. The van der Waals surface area contributed by atoms with Gasteiger partial charge in [-0.3, -0.25) is 0 Å². The monoisotopic (exact) mass is 262 g/mol. The van der Waals surface area contributed by atoms with Crippen LogP contribution in [-0.4, -0.2) is 33.4 Å². The summed E-state index contributed by atoms with van der Waals surface area (Å²) in [7, 11) is 0. The third-order valence-corrected chi connectivity index (χ3v) is 1.95. The number of aromatic nitrogens is 3. The average molecular weight is 262 g/mol. The summed E-state index contributed by atoms with van der Waals surface area (Å²) in [5, 5.41) is 9.41. The van der Waals surface area contributed by atoms with Gasteiger partial charge in [0, 0.05) is 6.42 Å². The fourth-order valence-electron chi connectivity index (χ4n) is 1.28. The standard InChI is InChI=1S/C10H16F2N4O2/c1-10(2,3)18-9(17)8-7(14-16-15-8)5(13)4-6(11)12/h5-6H,4,13H2,1-3H3,(H,14,15,16). The van der Waals surface area contributed by atoms with Crippen LogP contribution in [0.3, 0.4) is 0 Å². The quantitative estimate of drug-likeness (QED) is 0.800. The summed E-state index contributed by atoms with van der Waals surface area (Å²) in [6.07, 6.45) is -3.18. The molecule has 0 aliphatic carbocycles. The SMILES string of the molecule is CC(C)(C)OC(=O)c1n[nH]nc1C(N)CC(F)F. The van der Waals surface area contributed by atoms with E-state index in [-0.39, 0.29) is 11.4 Å². The van der Waals surface area contributed by atoms with Gasteiger partial charge in [0.25, 0.3) is 0 Å². The van der Waals surface area contributed by atoms with Crippen molar-refractivity contribution in [1.29, 1.82) is 0 Å². The lowest BCUT2D eigenvalue weighted by Crippen LogP contribution is -2.26. The molecule has 0 fully saturated rings. The molecular weight excluding hydrogens is 246 g/mol. The zero-order chi connectivity index (χ0) is 13.9. The Hall–Kier alpha value is -1.57. The Balaban J connectivity index is 2.85. The van der Waals surface area contributed by atoms with E-state index in [9.17, 15) is 13.6 Å². The van der Waals surface area contributed by atoms with Crippen molar-refractivity contribution < 1.29 is 18.3 Å². The number of hydrogen-bond acceptors (Lipinski definition) is 5. The number of aromatic amines is 1. The number of hydrogen-bond donors (Lipinski definition) is 2. The van der Waals surface area contributed by atoms with Gasteiger partial charge in [-0.05, 0) is 20.8 Å². The van der Waals surface area contributed by atoms with E-state index in [0.717, 1.165) is 0 Å². The number of nitrogens with zero attached hydrogens (tertiary/aromatic N) is 2. The number of H-pyrrole nitrogens is 1. The molecule has 1 atom stereocenters. The second kappa shape index (κ2) is 5.38. The molecule has 1 rings (SSSR count). The molecule has 1 aromatic heterocycles. The highest BCUT2D eigenvalue weighted by Crippen LogP contribution is 2.20. The Labute approximate surface area is 103 Å². The molecule has 0 saturated carbocycles. The third kappa shape index (κ3) is 4.02. The number of esters is 1. The average Bonchev–Trinajstić information content (AvgIpc) is 2.61. The van der Waals surface area contributed by atoms with Crippen LogP contribution in [0, 0.1) is 0 Å². The summed E-state index contributed by atoms with van der Waals surface area (Å²) < 4.78 is 29.5. The van der Waals surface area contributed by atoms with Crippen LogP contribution in [0.2, 0.25) is 0 Å². The molecule has 0 aromatic carbocycles. The minimum atomic E-state index is -2.58. The number of carbonyl (C=O) groups excluding carboxylic acids is 1. The van der Waals surface area contributed by atoms with Crippen LogP contribution in [0.4, 0.5) is 8.78 Å². The number of nitrogens with two attached hydrogens (primary N) is 1. The van der Waals surface area contributed by atoms with Crippen LogP contribution in [-0.2, 0) is 4.74 Å². The number of ether oxygens (including phenoxy) is 1. The lowest BCUT2D eigenvalue weighted by molar-refractivity contribution is 0.00600. The zero-order valence-electron chi connectivity index (χ0n) is 10.4. The molecule has 0 aliphatic rings. The van der Waals surface area contributed by atoms with Crippen molar-refractivity contribution in [2.45, 2.75) is 45.3 Å². The van der Waals surface area contributed by atoms with Gasteiger partial charge in [-0.1, -0.05) is 0 Å². The summed E-state index contributed by atoms with van der Waals surface area (Å²) in [5.74, 6) is -0.740. The molecule has 3 N–H and O–H groups in total. The first-order valence-corrected chi connectivity index (χ1v) is 5.38. The van der Waals surface area contributed by atoms with E-state index in [0.29, 0.717) is 0 Å². The van der Waals surface area contributed by atoms with Gasteiger partial charge in [-0.2, -0.15) is 10.3 Å². The second-order valence-corrected chi connectivity index (χ2v) is 4.79. The van der Waals surface area contributed by atoms with Gasteiger partial charge < -0.3 is 10.5 Å². The normalized spacial score (nSPS) is 13.7. The summed E-state index contributed by atoms with van der Waals surface area (Å²) in [6, 6.07) is -1.06. The molecule has 8 heteroatoms. The first-order valence-electron chi connectivity index (χ1n) is 5.38. The molecule has 0 amide bonds. The second-order valence-electron chi connectivity index (χ2n) is 4.79. The van der Waals surface area contributed by atoms with E-state index in [1.165, 1.54) is 0 Å². The van der Waals surface area contributed by atoms with Gasteiger partial charge in [0.2, 0.25) is 6.43 Å². The Morgan fingerprint density at radius 2 is 2.06 bits per heavy atom. The number of rotatable bonds is 4. The highest BCUT2D eigenvalue weighted by atomic mass is 19.3. The summed E-state index contributed by atoms with van der Waals surface area (Å²) >= 11 is 0. The molecule has 0 bridgehead atoms. The van der Waals surface area contributed by atoms with Crippen molar-refractivity contribution in [3.63, 3.8) is 0 Å². The van der Waals surface area contributed by atoms with Gasteiger partial charge in [-0.15, -0.1) is 5.10 Å². The lowest BCUT2D eigenvalue weighted by Gasteiger charge is -2.19. The van der Waals surface area contributed by atoms with E-state index in [2.05, 4.69) is 15.4 Å². The molecule has 0 aliphatic heterocycles. The molecule has 18 heavy (non-hydrogen) atoms. The lowest BCUT2D eigenvalue weighted by atomic mass is 10.1. The Morgan fingerprint density at radius 3 is 2.56 bits per heavy atom. The van der Waals surface area contributed by atoms with Gasteiger partial charge in [0.05, 0.1) is 6.04 Å². The van der Waals surface area contributed by atoms with Crippen LogP contribution >= 0.6 is 0 Å². The van der Waals surface area contributed by atoms with Crippen molar-refractivity contribution in [2.75, 3.05) is 0 Å². The zero-order valence-corrected chi connectivity index (χ0v) is 10.4. The van der Waals surface area contributed by atoms with E-state index in [1.807, 2.05) is 0 Å². The Morgan fingerprint density at radius 1 is 1.44 bits per heavy atom. The minimum Gasteiger partial charge on any atom is -0.455 e. The topological polar surface area (TPSA) is 93.9 Å².